The molecule has 0 bridgehead atoms. The summed E-state index contributed by atoms with van der Waals surface area (Å²) in [6.07, 6.45) is 11.0. The van der Waals surface area contributed by atoms with Crippen molar-refractivity contribution in [1.29, 1.82) is 0 Å². The Kier molecular flexibility index (Phi) is 10.1. The van der Waals surface area contributed by atoms with Gasteiger partial charge in [0.15, 0.2) is 16.6 Å². The molecule has 2 fully saturated rings. The Hall–Kier alpha value is -0.436. The van der Waals surface area contributed by atoms with Gasteiger partial charge in [0, 0.05) is 18.3 Å². The number of carbonyl (C=O) groups is 1. The van der Waals surface area contributed by atoms with E-state index in [4.69, 9.17) is 13.6 Å². The van der Waals surface area contributed by atoms with Crippen molar-refractivity contribution in [2.24, 2.45) is 17.8 Å². The van der Waals surface area contributed by atoms with Gasteiger partial charge in [-0.2, -0.15) is 0 Å². The van der Waals surface area contributed by atoms with E-state index in [-0.39, 0.29) is 46.2 Å². The Labute approximate surface area is 219 Å². The Morgan fingerprint density at radius 3 is 2.20 bits per heavy atom. The standard InChI is InChI=1S/C29H56O4Si2/c1-13-14-15-21(2)18-22(32-34(9,10)28(3,4)5)16-17-23-24-19-27(30)31-25(24)20-26(23)33-35(11,12)29(6,7)8/h16-17,21-26H,13-15,18-20H2,1-12H3/b17-16+/t21?,22-,23+,24+,25-,26+/m1/s1. The van der Waals surface area contributed by atoms with Gasteiger partial charge in [0.25, 0.3) is 0 Å². The van der Waals surface area contributed by atoms with Gasteiger partial charge in [-0.3, -0.25) is 4.79 Å². The molecule has 6 atom stereocenters. The van der Waals surface area contributed by atoms with Gasteiger partial charge < -0.3 is 13.6 Å². The van der Waals surface area contributed by atoms with Crippen molar-refractivity contribution in [1.82, 2.24) is 0 Å². The molecule has 1 saturated carbocycles. The largest absolute Gasteiger partial charge is 0.462 e. The molecule has 0 aromatic rings. The maximum absolute atomic E-state index is 12.1. The van der Waals surface area contributed by atoms with Gasteiger partial charge in [-0.15, -0.1) is 0 Å². The van der Waals surface area contributed by atoms with Gasteiger partial charge in [0.1, 0.15) is 6.10 Å². The number of carbonyl (C=O) groups excluding carboxylic acids is 1. The summed E-state index contributed by atoms with van der Waals surface area (Å²) >= 11 is 0. The molecule has 0 amide bonds. The molecule has 6 heteroatoms. The van der Waals surface area contributed by atoms with E-state index in [2.05, 4.69) is 93.7 Å². The fourth-order valence-electron chi connectivity index (χ4n) is 4.89. The van der Waals surface area contributed by atoms with E-state index in [0.717, 1.165) is 12.8 Å². The van der Waals surface area contributed by atoms with Gasteiger partial charge in [0.05, 0.1) is 18.6 Å². The van der Waals surface area contributed by atoms with Gasteiger partial charge in [-0.1, -0.05) is 86.8 Å². The normalized spacial score (nSPS) is 27.8. The van der Waals surface area contributed by atoms with Crippen molar-refractivity contribution < 1.29 is 18.4 Å². The van der Waals surface area contributed by atoms with Crippen LogP contribution in [-0.4, -0.2) is 40.9 Å². The van der Waals surface area contributed by atoms with Crippen LogP contribution in [0.4, 0.5) is 0 Å². The predicted octanol–water partition coefficient (Wildman–Crippen LogP) is 8.49. The second-order valence-electron chi connectivity index (χ2n) is 14.4. The van der Waals surface area contributed by atoms with E-state index >= 15 is 0 Å². The molecule has 0 aromatic heterocycles. The molecule has 0 radical (unpaired) electrons. The number of rotatable bonds is 11. The summed E-state index contributed by atoms with van der Waals surface area (Å²) in [5, 5.41) is 0.322. The molecule has 0 N–H and O–H groups in total. The molecule has 0 aromatic carbocycles. The minimum atomic E-state index is -1.94. The van der Waals surface area contributed by atoms with Crippen molar-refractivity contribution in [3.8, 4) is 0 Å². The second kappa shape index (κ2) is 11.5. The van der Waals surface area contributed by atoms with Crippen LogP contribution in [0.3, 0.4) is 0 Å². The molecule has 1 unspecified atom stereocenters. The minimum absolute atomic E-state index is 0.00449. The van der Waals surface area contributed by atoms with Crippen LogP contribution in [0.15, 0.2) is 12.2 Å². The molecular weight excluding hydrogens is 468 g/mol. The number of fused-ring (bicyclic) bond motifs is 1. The van der Waals surface area contributed by atoms with Crippen LogP contribution in [0.1, 0.15) is 93.9 Å². The average Bonchev–Trinajstić information content (AvgIpc) is 3.17. The summed E-state index contributed by atoms with van der Waals surface area (Å²) in [4.78, 5) is 12.1. The van der Waals surface area contributed by atoms with Crippen molar-refractivity contribution in [3.05, 3.63) is 12.2 Å². The van der Waals surface area contributed by atoms with E-state index in [1.165, 1.54) is 19.3 Å². The molecule has 2 aliphatic rings. The second-order valence-corrected chi connectivity index (χ2v) is 23.9. The smallest absolute Gasteiger partial charge is 0.306 e. The number of hydrogen-bond acceptors (Lipinski definition) is 4. The summed E-state index contributed by atoms with van der Waals surface area (Å²) < 4.78 is 19.6. The highest BCUT2D eigenvalue weighted by molar-refractivity contribution is 6.74. The lowest BCUT2D eigenvalue weighted by Crippen LogP contribution is -2.45. The number of hydrogen-bond donors (Lipinski definition) is 0. The van der Waals surface area contributed by atoms with Gasteiger partial charge in [-0.25, -0.2) is 0 Å². The van der Waals surface area contributed by atoms with Gasteiger partial charge >= 0.3 is 5.97 Å². The minimum Gasteiger partial charge on any atom is -0.462 e. The van der Waals surface area contributed by atoms with Gasteiger partial charge in [-0.05, 0) is 48.6 Å². The lowest BCUT2D eigenvalue weighted by molar-refractivity contribution is -0.141. The third-order valence-electron chi connectivity index (χ3n) is 9.29. The summed E-state index contributed by atoms with van der Waals surface area (Å²) in [7, 11) is -3.85. The van der Waals surface area contributed by atoms with Crippen LogP contribution < -0.4 is 0 Å². The predicted molar refractivity (Wildman–Crippen MR) is 153 cm³/mol. The van der Waals surface area contributed by atoms with Crippen LogP contribution in [0.5, 0.6) is 0 Å². The monoisotopic (exact) mass is 524 g/mol. The molecular formula is C29H56O4Si2. The van der Waals surface area contributed by atoms with Crippen molar-refractivity contribution >= 4 is 22.6 Å². The first-order chi connectivity index (χ1) is 15.9. The van der Waals surface area contributed by atoms with Crippen LogP contribution in [0, 0.1) is 17.8 Å². The molecule has 35 heavy (non-hydrogen) atoms. The first-order valence-electron chi connectivity index (χ1n) is 14.1. The lowest BCUT2D eigenvalue weighted by Gasteiger charge is -2.40. The van der Waals surface area contributed by atoms with Gasteiger partial charge in [0.2, 0.25) is 0 Å². The van der Waals surface area contributed by atoms with Crippen LogP contribution in [0.2, 0.25) is 36.3 Å². The zero-order valence-corrected chi connectivity index (χ0v) is 27.0. The summed E-state index contributed by atoms with van der Waals surface area (Å²) in [6.45, 7) is 27.8. The molecule has 4 nitrogen and oxygen atoms in total. The highest BCUT2D eigenvalue weighted by atomic mass is 28.4. The Bertz CT molecular complexity index is 732. The van der Waals surface area contributed by atoms with Crippen molar-refractivity contribution in [2.45, 2.75) is 148 Å². The van der Waals surface area contributed by atoms with E-state index < -0.39 is 16.6 Å². The number of ether oxygens (including phenoxy) is 1. The zero-order chi connectivity index (χ0) is 26.8. The number of esters is 1. The zero-order valence-electron chi connectivity index (χ0n) is 25.0. The first-order valence-corrected chi connectivity index (χ1v) is 19.9. The van der Waals surface area contributed by atoms with E-state index in [1.807, 2.05) is 0 Å². The Morgan fingerprint density at radius 1 is 1.06 bits per heavy atom. The average molecular weight is 525 g/mol. The van der Waals surface area contributed by atoms with Crippen molar-refractivity contribution in [3.63, 3.8) is 0 Å². The third kappa shape index (κ3) is 8.02. The van der Waals surface area contributed by atoms with Crippen LogP contribution in [0.25, 0.3) is 0 Å². The topological polar surface area (TPSA) is 44.8 Å². The number of unbranched alkanes of at least 4 members (excludes halogenated alkanes) is 1. The fraction of sp³-hybridized carbons (Fsp3) is 0.897. The summed E-state index contributed by atoms with van der Waals surface area (Å²) in [5.74, 6) is 1.00. The maximum atomic E-state index is 12.1. The highest BCUT2D eigenvalue weighted by Gasteiger charge is 2.52. The van der Waals surface area contributed by atoms with E-state index in [0.29, 0.717) is 12.3 Å². The van der Waals surface area contributed by atoms with E-state index in [1.54, 1.807) is 0 Å². The Morgan fingerprint density at radius 2 is 1.66 bits per heavy atom. The molecule has 204 valence electrons. The maximum Gasteiger partial charge on any atom is 0.306 e. The Balaban J connectivity index is 2.29. The summed E-state index contributed by atoms with van der Waals surface area (Å²) in [5.41, 5.74) is 0. The van der Waals surface area contributed by atoms with Crippen molar-refractivity contribution in [2.75, 3.05) is 0 Å². The molecule has 2 rings (SSSR count). The first kappa shape index (κ1) is 30.8. The molecule has 1 heterocycles. The van der Waals surface area contributed by atoms with Crippen LogP contribution in [-0.2, 0) is 18.4 Å². The van der Waals surface area contributed by atoms with Crippen LogP contribution >= 0.6 is 0 Å². The fourth-order valence-corrected chi connectivity index (χ4v) is 7.53. The highest BCUT2D eigenvalue weighted by Crippen LogP contribution is 2.47. The quantitative estimate of drug-likeness (QED) is 0.154. The molecule has 0 spiro atoms. The van der Waals surface area contributed by atoms with E-state index in [9.17, 15) is 4.79 Å². The molecule has 1 saturated heterocycles. The molecule has 1 aliphatic carbocycles. The lowest BCUT2D eigenvalue weighted by atomic mass is 9.90. The molecule has 1 aliphatic heterocycles. The SMILES string of the molecule is CCCCC(C)C[C@@H](/C=C/[C@H]1[C@@H]2CC(=O)O[C@@H]2C[C@@H]1O[Si](C)(C)C(C)(C)C)O[Si](C)(C)C(C)(C)C. The summed E-state index contributed by atoms with van der Waals surface area (Å²) in [6, 6.07) is 0. The third-order valence-corrected chi connectivity index (χ3v) is 18.3.